The molecule has 3 nitrogen and oxygen atoms in total. The van der Waals surface area contributed by atoms with Crippen LogP contribution >= 0.6 is 15.9 Å². The number of carbonyl (C=O) groups is 1. The summed E-state index contributed by atoms with van der Waals surface area (Å²) in [4.78, 5) is 11.0. The molecule has 0 bridgehead atoms. The van der Waals surface area contributed by atoms with Crippen molar-refractivity contribution < 1.29 is 9.53 Å². The van der Waals surface area contributed by atoms with Crippen LogP contribution in [-0.4, -0.2) is 13.1 Å². The Kier molecular flexibility index (Phi) is 3.71. The molecule has 0 spiro atoms. The van der Waals surface area contributed by atoms with Crippen LogP contribution in [0.4, 0.5) is 0 Å². The Hall–Kier alpha value is -1.29. The molecule has 0 heterocycles. The molecule has 1 aromatic rings. The van der Waals surface area contributed by atoms with E-state index in [1.54, 1.807) is 6.08 Å². The zero-order valence-corrected chi connectivity index (χ0v) is 9.24. The summed E-state index contributed by atoms with van der Waals surface area (Å²) in [5, 5.41) is 0. The van der Waals surface area contributed by atoms with Gasteiger partial charge in [0.1, 0.15) is 5.70 Å². The maximum absolute atomic E-state index is 11.0. The van der Waals surface area contributed by atoms with E-state index in [1.807, 2.05) is 24.3 Å². The zero-order valence-electron chi connectivity index (χ0n) is 7.66. The molecule has 0 aliphatic heterocycles. The number of halogens is 1. The highest BCUT2D eigenvalue weighted by Gasteiger charge is 2.03. The summed E-state index contributed by atoms with van der Waals surface area (Å²) in [6, 6.07) is 7.46. The molecular weight excluding hydrogens is 246 g/mol. The molecule has 1 aromatic carbocycles. The molecule has 0 aliphatic rings. The van der Waals surface area contributed by atoms with Crippen molar-refractivity contribution in [1.82, 2.24) is 0 Å². The Labute approximate surface area is 90.7 Å². The maximum Gasteiger partial charge on any atom is 0.353 e. The lowest BCUT2D eigenvalue weighted by Gasteiger charge is -1.99. The summed E-state index contributed by atoms with van der Waals surface area (Å²) in [6.07, 6.45) is 1.57. The van der Waals surface area contributed by atoms with Gasteiger partial charge in [0.05, 0.1) is 7.11 Å². The first-order chi connectivity index (χ1) is 6.63. The van der Waals surface area contributed by atoms with E-state index in [2.05, 4.69) is 20.7 Å². The van der Waals surface area contributed by atoms with Crippen LogP contribution in [0.3, 0.4) is 0 Å². The van der Waals surface area contributed by atoms with Gasteiger partial charge in [-0.2, -0.15) is 0 Å². The van der Waals surface area contributed by atoms with Crippen LogP contribution < -0.4 is 5.73 Å². The lowest BCUT2D eigenvalue weighted by Crippen LogP contribution is -2.12. The van der Waals surface area contributed by atoms with Crippen LogP contribution in [0.25, 0.3) is 6.08 Å². The number of rotatable bonds is 2. The SMILES string of the molecule is COC(=O)C(N)=Cc1cccc(Br)c1. The molecule has 2 N–H and O–H groups in total. The predicted octanol–water partition coefficient (Wildman–Crippen LogP) is 1.92. The Morgan fingerprint density at radius 3 is 2.86 bits per heavy atom. The molecule has 0 saturated carbocycles. The van der Waals surface area contributed by atoms with E-state index in [9.17, 15) is 4.79 Å². The quantitative estimate of drug-likeness (QED) is 0.649. The molecule has 14 heavy (non-hydrogen) atoms. The summed E-state index contributed by atoms with van der Waals surface area (Å²) in [7, 11) is 1.30. The third-order valence-electron chi connectivity index (χ3n) is 1.59. The minimum Gasteiger partial charge on any atom is -0.464 e. The van der Waals surface area contributed by atoms with E-state index in [0.717, 1.165) is 10.0 Å². The molecule has 0 fully saturated rings. The van der Waals surface area contributed by atoms with Gasteiger partial charge in [0, 0.05) is 4.47 Å². The molecular formula is C10H10BrNO2. The lowest BCUT2D eigenvalue weighted by molar-refractivity contribution is -0.136. The fourth-order valence-corrected chi connectivity index (χ4v) is 1.37. The van der Waals surface area contributed by atoms with Crippen molar-refractivity contribution in [3.8, 4) is 0 Å². The van der Waals surface area contributed by atoms with Crippen LogP contribution in [0.1, 0.15) is 5.56 Å². The normalized spacial score (nSPS) is 11.1. The molecule has 0 amide bonds. The van der Waals surface area contributed by atoms with Gasteiger partial charge in [0.2, 0.25) is 0 Å². The molecule has 0 atom stereocenters. The first-order valence-electron chi connectivity index (χ1n) is 3.94. The third-order valence-corrected chi connectivity index (χ3v) is 2.09. The van der Waals surface area contributed by atoms with E-state index in [-0.39, 0.29) is 5.70 Å². The van der Waals surface area contributed by atoms with Crippen LogP contribution in [0.5, 0.6) is 0 Å². The van der Waals surface area contributed by atoms with Crippen LogP contribution in [0.2, 0.25) is 0 Å². The van der Waals surface area contributed by atoms with Crippen LogP contribution in [-0.2, 0) is 9.53 Å². The molecule has 0 saturated heterocycles. The Morgan fingerprint density at radius 2 is 2.29 bits per heavy atom. The number of carbonyl (C=O) groups excluding carboxylic acids is 1. The fourth-order valence-electron chi connectivity index (χ4n) is 0.953. The minimum absolute atomic E-state index is 0.0885. The molecule has 0 unspecified atom stereocenters. The van der Waals surface area contributed by atoms with Gasteiger partial charge in [-0.3, -0.25) is 0 Å². The average molecular weight is 256 g/mol. The smallest absolute Gasteiger partial charge is 0.353 e. The summed E-state index contributed by atoms with van der Waals surface area (Å²) in [5.41, 5.74) is 6.42. The van der Waals surface area contributed by atoms with Crippen molar-refractivity contribution in [2.45, 2.75) is 0 Å². The summed E-state index contributed by atoms with van der Waals surface area (Å²) in [5.74, 6) is -0.523. The van der Waals surface area contributed by atoms with E-state index in [4.69, 9.17) is 5.73 Å². The zero-order chi connectivity index (χ0) is 10.6. The Morgan fingerprint density at radius 1 is 1.57 bits per heavy atom. The first kappa shape index (κ1) is 10.8. The van der Waals surface area contributed by atoms with Gasteiger partial charge in [0.15, 0.2) is 0 Å². The second kappa shape index (κ2) is 4.81. The minimum atomic E-state index is -0.523. The summed E-state index contributed by atoms with van der Waals surface area (Å²) in [6.45, 7) is 0. The fraction of sp³-hybridized carbons (Fsp3) is 0.100. The maximum atomic E-state index is 11.0. The topological polar surface area (TPSA) is 52.3 Å². The number of ether oxygens (including phenoxy) is 1. The average Bonchev–Trinajstić information content (AvgIpc) is 2.16. The highest BCUT2D eigenvalue weighted by Crippen LogP contribution is 2.13. The van der Waals surface area contributed by atoms with Gasteiger partial charge in [-0.25, -0.2) is 4.79 Å². The Balaban J connectivity index is 2.91. The second-order valence-electron chi connectivity index (χ2n) is 2.65. The molecule has 4 heteroatoms. The van der Waals surface area contributed by atoms with Gasteiger partial charge in [-0.1, -0.05) is 28.1 Å². The first-order valence-corrected chi connectivity index (χ1v) is 4.74. The van der Waals surface area contributed by atoms with E-state index in [0.29, 0.717) is 0 Å². The summed E-state index contributed by atoms with van der Waals surface area (Å²) >= 11 is 3.32. The van der Waals surface area contributed by atoms with Crippen LogP contribution in [0, 0.1) is 0 Å². The molecule has 0 aliphatic carbocycles. The molecule has 1 rings (SSSR count). The molecule has 0 radical (unpaired) electrons. The van der Waals surface area contributed by atoms with Crippen molar-refractivity contribution in [2.75, 3.05) is 7.11 Å². The molecule has 0 aromatic heterocycles. The monoisotopic (exact) mass is 255 g/mol. The number of benzene rings is 1. The van der Waals surface area contributed by atoms with E-state index in [1.165, 1.54) is 7.11 Å². The number of nitrogens with two attached hydrogens (primary N) is 1. The summed E-state index contributed by atoms with van der Waals surface area (Å²) < 4.78 is 5.40. The largest absolute Gasteiger partial charge is 0.464 e. The van der Waals surface area contributed by atoms with Crippen molar-refractivity contribution in [3.63, 3.8) is 0 Å². The van der Waals surface area contributed by atoms with Gasteiger partial charge in [-0.15, -0.1) is 0 Å². The van der Waals surface area contributed by atoms with Crippen molar-refractivity contribution in [1.29, 1.82) is 0 Å². The lowest BCUT2D eigenvalue weighted by atomic mass is 10.2. The predicted molar refractivity (Wildman–Crippen MR) is 58.3 cm³/mol. The van der Waals surface area contributed by atoms with E-state index >= 15 is 0 Å². The van der Waals surface area contributed by atoms with Gasteiger partial charge < -0.3 is 10.5 Å². The number of methoxy groups -OCH3 is 1. The van der Waals surface area contributed by atoms with Crippen molar-refractivity contribution >= 4 is 28.0 Å². The van der Waals surface area contributed by atoms with Gasteiger partial charge >= 0.3 is 5.97 Å². The van der Waals surface area contributed by atoms with Gasteiger partial charge in [0.25, 0.3) is 0 Å². The highest BCUT2D eigenvalue weighted by atomic mass is 79.9. The van der Waals surface area contributed by atoms with Crippen molar-refractivity contribution in [3.05, 3.63) is 40.0 Å². The highest BCUT2D eigenvalue weighted by molar-refractivity contribution is 9.10. The van der Waals surface area contributed by atoms with Gasteiger partial charge in [-0.05, 0) is 23.8 Å². The third kappa shape index (κ3) is 2.88. The number of hydrogen-bond acceptors (Lipinski definition) is 3. The standard InChI is InChI=1S/C10H10BrNO2/c1-14-10(13)9(12)6-7-3-2-4-8(11)5-7/h2-6H,12H2,1H3. The second-order valence-corrected chi connectivity index (χ2v) is 3.56. The van der Waals surface area contributed by atoms with Crippen LogP contribution in [0.15, 0.2) is 34.4 Å². The van der Waals surface area contributed by atoms with Crippen molar-refractivity contribution in [2.24, 2.45) is 5.73 Å². The number of hydrogen-bond donors (Lipinski definition) is 1. The molecule has 74 valence electrons. The number of esters is 1. The van der Waals surface area contributed by atoms with E-state index < -0.39 is 5.97 Å². The Bertz CT molecular complexity index is 374.